The second kappa shape index (κ2) is 31.4. The van der Waals surface area contributed by atoms with Gasteiger partial charge in [-0.05, 0) is 61.2 Å². The van der Waals surface area contributed by atoms with Gasteiger partial charge in [-0.25, -0.2) is 9.59 Å². The summed E-state index contributed by atoms with van der Waals surface area (Å²) >= 11 is 0. The van der Waals surface area contributed by atoms with Crippen molar-refractivity contribution in [3.05, 3.63) is 116 Å². The predicted octanol–water partition coefficient (Wildman–Crippen LogP) is 3.39. The summed E-state index contributed by atoms with van der Waals surface area (Å²) in [5.74, 6) is -4.08. The van der Waals surface area contributed by atoms with Crippen LogP contribution in [0.5, 0.6) is 11.5 Å². The summed E-state index contributed by atoms with van der Waals surface area (Å²) in [6.45, 7) is 10.5. The molecule has 2 aliphatic heterocycles. The third-order valence-electron chi connectivity index (χ3n) is 11.4. The molecule has 27 heteroatoms. The van der Waals surface area contributed by atoms with Crippen LogP contribution < -0.4 is 26.5 Å². The molecule has 2 N–H and O–H groups in total. The molecule has 0 bridgehead atoms. The standard InChI is InChI=1S/C31H32O12.C22H25NO10.2CO2/c1-17-28(39-18(2)32)29(40-19(3)33)30(41-20(4)34)31(38-17)42-23-11-12-24-22(14-27(36)43-25(24)15-23)10-13-26(35)37-16-21-8-6-5-7-9-21;1-10-19(29-11(2)24)20(30-12(3)25)21(31-13(4)26)22(28-10)32-15-5-6-16-14(9-23)7-18(27)33-17(16)8-15;2*2-1-3/h5-9,11-12,14-15,17,28-31H,10,13,16H2,1-4H3;5-8,10,19-22H,9,23H2,1-4H3;;. The number of nitrogens with two attached hydrogens (primary N) is 1. The van der Waals surface area contributed by atoms with Crippen molar-refractivity contribution < 1.29 is 114 Å². The van der Waals surface area contributed by atoms with Crippen LogP contribution in [0.4, 0.5) is 0 Å². The molecule has 27 nitrogen and oxygen atoms in total. The molecule has 10 unspecified atom stereocenters. The van der Waals surface area contributed by atoms with E-state index >= 15 is 0 Å². The van der Waals surface area contributed by atoms with Crippen molar-refractivity contribution in [3.63, 3.8) is 0 Å². The van der Waals surface area contributed by atoms with Gasteiger partial charge in [0.05, 0.1) is 12.2 Å². The molecule has 2 fully saturated rings. The Morgan fingerprint density at radius 3 is 1.26 bits per heavy atom. The number of ether oxygens (including phenoxy) is 11. The number of carbonyl (C=O) groups is 7. The van der Waals surface area contributed by atoms with Gasteiger partial charge in [0.25, 0.3) is 0 Å². The van der Waals surface area contributed by atoms with Gasteiger partial charge < -0.3 is 66.7 Å². The monoisotopic (exact) mass is 1150 g/mol. The maximum atomic E-state index is 12.4. The zero-order valence-corrected chi connectivity index (χ0v) is 45.3. The Bertz CT molecular complexity index is 3240. The largest absolute Gasteiger partial charge is 0.461 e. The molecule has 3 aromatic carbocycles. The van der Waals surface area contributed by atoms with Crippen LogP contribution in [-0.4, -0.2) is 115 Å². The minimum Gasteiger partial charge on any atom is -0.461 e. The minimum absolute atomic E-state index is 0.0442. The van der Waals surface area contributed by atoms with Crippen LogP contribution in [0.3, 0.4) is 0 Å². The van der Waals surface area contributed by atoms with Crippen LogP contribution in [0.25, 0.3) is 21.9 Å². The first kappa shape index (κ1) is 65.1. The van der Waals surface area contributed by atoms with Crippen molar-refractivity contribution in [1.82, 2.24) is 0 Å². The summed E-state index contributed by atoms with van der Waals surface area (Å²) in [6.07, 6.45) is -10.5. The summed E-state index contributed by atoms with van der Waals surface area (Å²) in [4.78, 5) is 140. The van der Waals surface area contributed by atoms with E-state index in [9.17, 15) is 43.2 Å². The van der Waals surface area contributed by atoms with Crippen molar-refractivity contribution in [3.8, 4) is 11.5 Å². The molecular weight excluding hydrogens is 1090 g/mol. The molecule has 2 aliphatic rings. The number of hydrogen-bond donors (Lipinski definition) is 1. The van der Waals surface area contributed by atoms with E-state index in [1.54, 1.807) is 38.1 Å². The number of carbonyl (C=O) groups excluding carboxylic acids is 11. The lowest BCUT2D eigenvalue weighted by molar-refractivity contribution is -0.280. The Hall–Kier alpha value is -9.39. The van der Waals surface area contributed by atoms with Crippen LogP contribution in [0.2, 0.25) is 0 Å². The number of aryl methyl sites for hydroxylation is 1. The lowest BCUT2D eigenvalue weighted by atomic mass is 9.98. The van der Waals surface area contributed by atoms with Gasteiger partial charge in [0.2, 0.25) is 24.8 Å². The molecule has 0 aliphatic carbocycles. The summed E-state index contributed by atoms with van der Waals surface area (Å²) in [6, 6.07) is 21.3. The van der Waals surface area contributed by atoms with Gasteiger partial charge in [-0.15, -0.1) is 0 Å². The number of hydrogen-bond acceptors (Lipinski definition) is 27. The second-order valence-corrected chi connectivity index (χ2v) is 17.6. The molecule has 7 rings (SSSR count). The Labute approximate surface area is 465 Å². The molecule has 0 saturated carbocycles. The zero-order valence-electron chi connectivity index (χ0n) is 45.3. The number of esters is 7. The first-order chi connectivity index (χ1) is 38.9. The molecule has 4 heterocycles. The van der Waals surface area contributed by atoms with E-state index in [0.29, 0.717) is 21.9 Å². The molecular formula is C55H57NO26. The zero-order chi connectivity index (χ0) is 60.8. The van der Waals surface area contributed by atoms with Gasteiger partial charge in [0, 0.05) is 89.5 Å². The van der Waals surface area contributed by atoms with Crippen molar-refractivity contribution >= 4 is 76.0 Å². The van der Waals surface area contributed by atoms with Gasteiger partial charge in [-0.1, -0.05) is 30.3 Å². The first-order valence-corrected chi connectivity index (χ1v) is 24.6. The Morgan fingerprint density at radius 2 is 0.866 bits per heavy atom. The maximum absolute atomic E-state index is 12.4. The summed E-state index contributed by atoms with van der Waals surface area (Å²) in [7, 11) is 0. The SMILES string of the molecule is CC(=O)OC1C(C)OC(Oc2ccc3c(CCC(=O)OCc4ccccc4)cc(=O)oc3c2)C(OC(C)=O)C1OC(C)=O.CC(=O)OC1C(C)OC(Oc2ccc3c(CN)cc(=O)oc3c2)C(OC(C)=O)C1OC(C)=O.O=C=O.O=C=O. The van der Waals surface area contributed by atoms with Crippen LogP contribution >= 0.6 is 0 Å². The van der Waals surface area contributed by atoms with E-state index in [2.05, 4.69) is 0 Å². The van der Waals surface area contributed by atoms with Gasteiger partial charge in [-0.3, -0.25) is 33.6 Å². The molecule has 10 atom stereocenters. The number of rotatable bonds is 16. The summed E-state index contributed by atoms with van der Waals surface area (Å²) in [5, 5.41) is 1.21. The smallest absolute Gasteiger partial charge is 0.373 e. The topological polar surface area (TPSA) is 376 Å². The average molecular weight is 1150 g/mol. The van der Waals surface area contributed by atoms with Crippen LogP contribution in [0.1, 0.15) is 78.5 Å². The van der Waals surface area contributed by atoms with Crippen LogP contribution in [0, 0.1) is 0 Å². The van der Waals surface area contributed by atoms with Gasteiger partial charge in [0.1, 0.15) is 29.3 Å². The van der Waals surface area contributed by atoms with E-state index in [4.69, 9.17) is 85.9 Å². The van der Waals surface area contributed by atoms with Gasteiger partial charge in [-0.2, -0.15) is 19.2 Å². The first-order valence-electron chi connectivity index (χ1n) is 24.6. The molecule has 0 amide bonds. The fourth-order valence-electron chi connectivity index (χ4n) is 8.39. The highest BCUT2D eigenvalue weighted by Gasteiger charge is 2.53. The van der Waals surface area contributed by atoms with E-state index in [0.717, 1.165) is 19.4 Å². The molecule has 5 aromatic rings. The Morgan fingerprint density at radius 1 is 0.500 bits per heavy atom. The van der Waals surface area contributed by atoms with Gasteiger partial charge in [0.15, 0.2) is 24.4 Å². The van der Waals surface area contributed by atoms with E-state index in [1.165, 1.54) is 52.0 Å². The van der Waals surface area contributed by atoms with E-state index < -0.39 is 114 Å². The normalized spacial score (nSPS) is 21.4. The van der Waals surface area contributed by atoms with Crippen molar-refractivity contribution in [2.24, 2.45) is 5.73 Å². The average Bonchev–Trinajstić information content (AvgIpc) is 3.41. The van der Waals surface area contributed by atoms with Crippen LogP contribution in [0.15, 0.2) is 97.3 Å². The molecule has 2 saturated heterocycles. The highest BCUT2D eigenvalue weighted by molar-refractivity contribution is 5.83. The second-order valence-electron chi connectivity index (χ2n) is 17.6. The summed E-state index contributed by atoms with van der Waals surface area (Å²) < 4.78 is 71.7. The van der Waals surface area contributed by atoms with Crippen molar-refractivity contribution in [2.75, 3.05) is 0 Å². The molecule has 2 aromatic heterocycles. The lowest BCUT2D eigenvalue weighted by Gasteiger charge is -2.43. The molecule has 0 spiro atoms. The highest BCUT2D eigenvalue weighted by atomic mass is 16.7. The van der Waals surface area contributed by atoms with Crippen molar-refractivity contribution in [2.45, 2.75) is 143 Å². The van der Waals surface area contributed by atoms with Crippen LogP contribution in [-0.2, 0) is 115 Å². The van der Waals surface area contributed by atoms with Crippen molar-refractivity contribution in [1.29, 1.82) is 0 Å². The molecule has 0 radical (unpaired) electrons. The number of fused-ring (bicyclic) bond motifs is 2. The maximum Gasteiger partial charge on any atom is 0.373 e. The molecule has 82 heavy (non-hydrogen) atoms. The highest BCUT2D eigenvalue weighted by Crippen LogP contribution is 2.34. The Kier molecular flexibility index (Phi) is 25.0. The summed E-state index contributed by atoms with van der Waals surface area (Å²) in [5.41, 5.74) is 6.96. The quantitative estimate of drug-likeness (QED) is 0.0840. The van der Waals surface area contributed by atoms with E-state index in [1.807, 2.05) is 30.3 Å². The molecule has 438 valence electrons. The minimum atomic E-state index is -1.31. The van der Waals surface area contributed by atoms with Gasteiger partial charge >= 0.3 is 65.3 Å². The number of benzene rings is 3. The van der Waals surface area contributed by atoms with E-state index in [-0.39, 0.29) is 61.0 Å². The third kappa shape index (κ3) is 19.5. The predicted molar refractivity (Wildman–Crippen MR) is 271 cm³/mol. The third-order valence-corrected chi connectivity index (χ3v) is 11.4. The fourth-order valence-corrected chi connectivity index (χ4v) is 8.39. The Balaban J connectivity index is 0.000000331. The fraction of sp³-hybridized carbons (Fsp3) is 0.400. The lowest BCUT2D eigenvalue weighted by Crippen LogP contribution is -2.62.